The smallest absolute Gasteiger partial charge is 0.319 e. The maximum absolute atomic E-state index is 10.8. The molecule has 1 N–H and O–H groups in total. The first-order chi connectivity index (χ1) is 7.52. The molecule has 0 amide bonds. The predicted octanol–water partition coefficient (Wildman–Crippen LogP) is 2.63. The largest absolute Gasteiger partial charge is 0.480 e. The van der Waals surface area contributed by atoms with E-state index in [1.54, 1.807) is 13.8 Å². The maximum Gasteiger partial charge on any atom is 0.319 e. The Balaban J connectivity index is 2.48. The van der Waals surface area contributed by atoms with Crippen LogP contribution >= 0.6 is 11.8 Å². The topological polar surface area (TPSA) is 37.3 Å². The summed E-state index contributed by atoms with van der Waals surface area (Å²) in [5.74, 6) is 5.67. The second-order valence-electron chi connectivity index (χ2n) is 3.77. The third-order valence-electron chi connectivity index (χ3n) is 2.03. The van der Waals surface area contributed by atoms with Crippen molar-refractivity contribution in [3.63, 3.8) is 0 Å². The van der Waals surface area contributed by atoms with Crippen molar-refractivity contribution >= 4 is 17.7 Å². The molecule has 0 aliphatic heterocycles. The van der Waals surface area contributed by atoms with E-state index in [4.69, 9.17) is 5.11 Å². The molecular weight excluding hydrogens is 220 g/mol. The second kappa shape index (κ2) is 5.62. The second-order valence-corrected chi connectivity index (χ2v) is 5.37. The summed E-state index contributed by atoms with van der Waals surface area (Å²) in [4.78, 5) is 10.8. The molecule has 0 heterocycles. The lowest BCUT2D eigenvalue weighted by molar-refractivity contribution is -0.138. The number of thioether (sulfide) groups is 1. The van der Waals surface area contributed by atoms with Gasteiger partial charge >= 0.3 is 5.97 Å². The zero-order valence-electron chi connectivity index (χ0n) is 9.36. The Kier molecular flexibility index (Phi) is 4.45. The molecule has 0 spiro atoms. The normalized spacial score (nSPS) is 10.4. The van der Waals surface area contributed by atoms with Crippen molar-refractivity contribution in [1.29, 1.82) is 0 Å². The van der Waals surface area contributed by atoms with Gasteiger partial charge in [0.05, 0.1) is 5.75 Å². The molecule has 0 saturated carbocycles. The summed E-state index contributed by atoms with van der Waals surface area (Å²) in [6.45, 7) is 3.37. The van der Waals surface area contributed by atoms with Gasteiger partial charge in [0, 0.05) is 5.56 Å². The first-order valence-electron chi connectivity index (χ1n) is 4.93. The van der Waals surface area contributed by atoms with Crippen LogP contribution in [0.15, 0.2) is 30.3 Å². The maximum atomic E-state index is 10.8. The summed E-state index contributed by atoms with van der Waals surface area (Å²) in [6, 6.07) is 9.66. The van der Waals surface area contributed by atoms with Gasteiger partial charge in [0.2, 0.25) is 0 Å². The van der Waals surface area contributed by atoms with Crippen LogP contribution in [0.3, 0.4) is 0 Å². The standard InChI is InChI=1S/C13H14O2S/c1-13(2,12(14)15)16-10-6-9-11-7-4-3-5-8-11/h3-5,7-8H,10H2,1-2H3,(H,14,15). The Bertz CT molecular complexity index is 413. The number of hydrogen-bond acceptors (Lipinski definition) is 2. The molecule has 0 atom stereocenters. The van der Waals surface area contributed by atoms with E-state index in [0.717, 1.165) is 5.56 Å². The van der Waals surface area contributed by atoms with Crippen LogP contribution in [0.5, 0.6) is 0 Å². The molecule has 0 fully saturated rings. The van der Waals surface area contributed by atoms with Gasteiger partial charge in [0.1, 0.15) is 4.75 Å². The fourth-order valence-corrected chi connectivity index (χ4v) is 1.57. The highest BCUT2D eigenvalue weighted by Crippen LogP contribution is 2.23. The van der Waals surface area contributed by atoms with Gasteiger partial charge in [-0.1, -0.05) is 30.0 Å². The van der Waals surface area contributed by atoms with Crippen LogP contribution in [0.2, 0.25) is 0 Å². The fourth-order valence-electron chi connectivity index (χ4n) is 0.938. The van der Waals surface area contributed by atoms with Crippen LogP contribution in [-0.2, 0) is 4.79 Å². The molecule has 1 aromatic rings. The molecule has 84 valence electrons. The number of carbonyl (C=O) groups is 1. The van der Waals surface area contributed by atoms with Crippen LogP contribution in [0.4, 0.5) is 0 Å². The molecule has 0 aliphatic rings. The number of carboxylic acids is 1. The van der Waals surface area contributed by atoms with Gasteiger partial charge in [-0.2, -0.15) is 0 Å². The average Bonchev–Trinajstić information content (AvgIpc) is 2.26. The monoisotopic (exact) mass is 234 g/mol. The molecule has 0 aliphatic carbocycles. The van der Waals surface area contributed by atoms with E-state index < -0.39 is 10.7 Å². The lowest BCUT2D eigenvalue weighted by Gasteiger charge is -2.16. The zero-order valence-corrected chi connectivity index (χ0v) is 10.2. The van der Waals surface area contributed by atoms with E-state index in [0.29, 0.717) is 5.75 Å². The summed E-state index contributed by atoms with van der Waals surface area (Å²) in [5.41, 5.74) is 0.955. The van der Waals surface area contributed by atoms with Crippen molar-refractivity contribution in [2.45, 2.75) is 18.6 Å². The van der Waals surface area contributed by atoms with Crippen LogP contribution in [0.1, 0.15) is 19.4 Å². The highest BCUT2D eigenvalue weighted by molar-refractivity contribution is 8.01. The summed E-state index contributed by atoms with van der Waals surface area (Å²) in [5, 5.41) is 8.89. The van der Waals surface area contributed by atoms with E-state index in [2.05, 4.69) is 11.8 Å². The molecule has 2 nitrogen and oxygen atoms in total. The van der Waals surface area contributed by atoms with Crippen molar-refractivity contribution in [2.24, 2.45) is 0 Å². The van der Waals surface area contributed by atoms with Crippen LogP contribution in [0.25, 0.3) is 0 Å². The van der Waals surface area contributed by atoms with Crippen molar-refractivity contribution in [2.75, 3.05) is 5.75 Å². The molecule has 1 rings (SSSR count). The van der Waals surface area contributed by atoms with E-state index in [1.165, 1.54) is 11.8 Å². The summed E-state index contributed by atoms with van der Waals surface area (Å²) >= 11 is 1.33. The molecule has 1 aromatic carbocycles. The van der Waals surface area contributed by atoms with Gasteiger partial charge in [0.15, 0.2) is 0 Å². The van der Waals surface area contributed by atoms with Gasteiger partial charge in [-0.3, -0.25) is 4.79 Å². The number of benzene rings is 1. The molecule has 0 unspecified atom stereocenters. The first-order valence-corrected chi connectivity index (χ1v) is 5.92. The Hall–Kier alpha value is -1.40. The van der Waals surface area contributed by atoms with Crippen molar-refractivity contribution < 1.29 is 9.90 Å². The molecule has 16 heavy (non-hydrogen) atoms. The lowest BCUT2D eigenvalue weighted by Crippen LogP contribution is -2.27. The van der Waals surface area contributed by atoms with Gasteiger partial charge in [0.25, 0.3) is 0 Å². The number of rotatable bonds is 3. The number of hydrogen-bond donors (Lipinski definition) is 1. The minimum absolute atomic E-state index is 0.522. The molecule has 0 bridgehead atoms. The van der Waals surface area contributed by atoms with Crippen LogP contribution < -0.4 is 0 Å². The molecular formula is C13H14O2S. The molecule has 0 saturated heterocycles. The number of carboxylic acid groups (broad SMARTS) is 1. The van der Waals surface area contributed by atoms with E-state index in [-0.39, 0.29) is 0 Å². The van der Waals surface area contributed by atoms with E-state index in [9.17, 15) is 4.79 Å². The quantitative estimate of drug-likeness (QED) is 0.817. The van der Waals surface area contributed by atoms with Crippen LogP contribution in [0, 0.1) is 11.8 Å². The third-order valence-corrected chi connectivity index (χ3v) is 3.21. The molecule has 3 heteroatoms. The number of aliphatic carboxylic acids is 1. The minimum atomic E-state index is -0.806. The molecule has 0 aromatic heterocycles. The lowest BCUT2D eigenvalue weighted by atomic mass is 10.2. The minimum Gasteiger partial charge on any atom is -0.480 e. The Morgan fingerprint density at radius 2 is 2.00 bits per heavy atom. The Morgan fingerprint density at radius 3 is 2.56 bits per heavy atom. The average molecular weight is 234 g/mol. The van der Waals surface area contributed by atoms with Gasteiger partial charge < -0.3 is 5.11 Å². The Labute approximate surface area is 100 Å². The predicted molar refractivity (Wildman–Crippen MR) is 67.5 cm³/mol. The Morgan fingerprint density at radius 1 is 1.38 bits per heavy atom. The van der Waals surface area contributed by atoms with Crippen molar-refractivity contribution in [3.05, 3.63) is 35.9 Å². The third kappa shape index (κ3) is 4.00. The SMILES string of the molecule is CC(C)(SCC#Cc1ccccc1)C(=O)O. The van der Waals surface area contributed by atoms with Gasteiger partial charge in [-0.15, -0.1) is 11.8 Å². The van der Waals surface area contributed by atoms with Crippen LogP contribution in [-0.4, -0.2) is 21.6 Å². The van der Waals surface area contributed by atoms with Crippen molar-refractivity contribution in [1.82, 2.24) is 0 Å². The van der Waals surface area contributed by atoms with E-state index >= 15 is 0 Å². The van der Waals surface area contributed by atoms with Gasteiger partial charge in [-0.25, -0.2) is 0 Å². The summed E-state index contributed by atoms with van der Waals surface area (Å²) < 4.78 is -0.772. The van der Waals surface area contributed by atoms with Crippen molar-refractivity contribution in [3.8, 4) is 11.8 Å². The summed E-state index contributed by atoms with van der Waals surface area (Å²) in [7, 11) is 0. The highest BCUT2D eigenvalue weighted by Gasteiger charge is 2.26. The summed E-state index contributed by atoms with van der Waals surface area (Å²) in [6.07, 6.45) is 0. The fraction of sp³-hybridized carbons (Fsp3) is 0.308. The van der Waals surface area contributed by atoms with Gasteiger partial charge in [-0.05, 0) is 26.0 Å². The highest BCUT2D eigenvalue weighted by atomic mass is 32.2. The first kappa shape index (κ1) is 12.7. The van der Waals surface area contributed by atoms with E-state index in [1.807, 2.05) is 30.3 Å². The zero-order chi connectivity index (χ0) is 12.0. The molecule has 0 radical (unpaired) electrons.